The van der Waals surface area contributed by atoms with E-state index in [1.54, 1.807) is 36.4 Å². The van der Waals surface area contributed by atoms with Gasteiger partial charge in [0.25, 0.3) is 11.8 Å². The smallest absolute Gasteiger partial charge is 0.283 e. The third kappa shape index (κ3) is 3.54. The molecule has 23 heavy (non-hydrogen) atoms. The Kier molecular flexibility index (Phi) is 4.34. The molecule has 1 heterocycles. The second-order valence-corrected chi connectivity index (χ2v) is 5.25. The molecule has 0 bridgehead atoms. The van der Waals surface area contributed by atoms with Crippen molar-refractivity contribution in [2.24, 2.45) is 0 Å². The highest BCUT2D eigenvalue weighted by Gasteiger charge is 2.27. The number of carbonyl (C=O) groups excluding carboxylic acids is 2. The van der Waals surface area contributed by atoms with Crippen molar-refractivity contribution in [2.75, 3.05) is 6.61 Å². The second kappa shape index (κ2) is 6.58. The highest BCUT2D eigenvalue weighted by molar-refractivity contribution is 6.30. The summed E-state index contributed by atoms with van der Waals surface area (Å²) >= 11 is 5.82. The van der Waals surface area contributed by atoms with Crippen LogP contribution in [0.3, 0.4) is 0 Å². The summed E-state index contributed by atoms with van der Waals surface area (Å²) in [4.78, 5) is 24.0. The minimum absolute atomic E-state index is 0.0654. The Bertz CT molecular complexity index is 750. The number of hydrazine groups is 1. The van der Waals surface area contributed by atoms with Gasteiger partial charge in [0.1, 0.15) is 6.61 Å². The van der Waals surface area contributed by atoms with Crippen molar-refractivity contribution in [1.82, 2.24) is 10.9 Å². The number of benzene rings is 2. The van der Waals surface area contributed by atoms with E-state index in [-0.39, 0.29) is 6.61 Å². The van der Waals surface area contributed by atoms with Crippen LogP contribution in [0, 0.1) is 0 Å². The average molecular weight is 333 g/mol. The quantitative estimate of drug-likeness (QED) is 0.824. The van der Waals surface area contributed by atoms with E-state index in [0.29, 0.717) is 22.1 Å². The van der Waals surface area contributed by atoms with Gasteiger partial charge in [0, 0.05) is 10.6 Å². The molecule has 1 aliphatic rings. The molecular formula is C16H13ClN2O4. The lowest BCUT2D eigenvalue weighted by atomic mass is 10.2. The lowest BCUT2D eigenvalue weighted by molar-refractivity contribution is -0.131. The molecule has 3 rings (SSSR count). The molecule has 6 nitrogen and oxygen atoms in total. The molecule has 1 aliphatic heterocycles. The van der Waals surface area contributed by atoms with Crippen LogP contribution in [0.5, 0.6) is 11.5 Å². The van der Waals surface area contributed by atoms with E-state index in [1.165, 1.54) is 6.07 Å². The fourth-order valence-corrected chi connectivity index (χ4v) is 2.24. The minimum atomic E-state index is -0.843. The highest BCUT2D eigenvalue weighted by atomic mass is 35.5. The molecule has 0 radical (unpaired) electrons. The lowest BCUT2D eigenvalue weighted by Gasteiger charge is -2.25. The van der Waals surface area contributed by atoms with Crippen molar-refractivity contribution in [3.63, 3.8) is 0 Å². The summed E-state index contributed by atoms with van der Waals surface area (Å²) < 4.78 is 11.0. The van der Waals surface area contributed by atoms with Crippen LogP contribution >= 0.6 is 11.6 Å². The van der Waals surface area contributed by atoms with Gasteiger partial charge in [-0.1, -0.05) is 29.8 Å². The largest absolute Gasteiger partial charge is 0.485 e. The van der Waals surface area contributed by atoms with Gasteiger partial charge in [-0.05, 0) is 30.3 Å². The monoisotopic (exact) mass is 332 g/mol. The number of hydrogen-bond acceptors (Lipinski definition) is 4. The summed E-state index contributed by atoms with van der Waals surface area (Å²) in [6, 6.07) is 13.4. The van der Waals surface area contributed by atoms with Gasteiger partial charge in [0.15, 0.2) is 11.5 Å². The zero-order valence-corrected chi connectivity index (χ0v) is 12.7. The molecule has 0 saturated heterocycles. The van der Waals surface area contributed by atoms with Crippen LogP contribution in [0.15, 0.2) is 48.5 Å². The van der Waals surface area contributed by atoms with Crippen molar-refractivity contribution in [3.8, 4) is 11.5 Å². The zero-order chi connectivity index (χ0) is 16.2. The van der Waals surface area contributed by atoms with Crippen molar-refractivity contribution >= 4 is 23.4 Å². The summed E-state index contributed by atoms with van der Waals surface area (Å²) in [6.07, 6.45) is -0.843. The standard InChI is InChI=1S/C16H13ClN2O4/c17-11-5-3-4-10(8-11)15(20)18-19-16(21)14-9-22-12-6-1-2-7-13(12)23-14/h1-8,14H,9H2,(H,18,20)(H,19,21)/t14-/m0/s1. The summed E-state index contributed by atoms with van der Waals surface area (Å²) in [6.45, 7) is 0.0654. The van der Waals surface area contributed by atoms with Crippen LogP contribution in [0.4, 0.5) is 0 Å². The van der Waals surface area contributed by atoms with Gasteiger partial charge in [-0.3, -0.25) is 20.4 Å². The van der Waals surface area contributed by atoms with Crippen molar-refractivity contribution < 1.29 is 19.1 Å². The maximum Gasteiger partial charge on any atom is 0.283 e. The van der Waals surface area contributed by atoms with Gasteiger partial charge >= 0.3 is 0 Å². The first-order chi connectivity index (χ1) is 11.1. The van der Waals surface area contributed by atoms with Gasteiger partial charge in [0.05, 0.1) is 0 Å². The molecule has 2 N–H and O–H groups in total. The Balaban J connectivity index is 1.57. The van der Waals surface area contributed by atoms with E-state index >= 15 is 0 Å². The van der Waals surface area contributed by atoms with Crippen LogP contribution in [0.25, 0.3) is 0 Å². The Morgan fingerprint density at radius 2 is 1.83 bits per heavy atom. The number of halogens is 1. The van der Waals surface area contributed by atoms with Crippen LogP contribution < -0.4 is 20.3 Å². The third-order valence-corrected chi connectivity index (χ3v) is 3.42. The van der Waals surface area contributed by atoms with E-state index in [9.17, 15) is 9.59 Å². The van der Waals surface area contributed by atoms with Crippen molar-refractivity contribution in [3.05, 3.63) is 59.1 Å². The summed E-state index contributed by atoms with van der Waals surface area (Å²) in [5.41, 5.74) is 4.97. The van der Waals surface area contributed by atoms with Crippen LogP contribution in [-0.4, -0.2) is 24.5 Å². The van der Waals surface area contributed by atoms with E-state index in [4.69, 9.17) is 21.1 Å². The number of carbonyl (C=O) groups is 2. The molecule has 2 aromatic carbocycles. The summed E-state index contributed by atoms with van der Waals surface area (Å²) in [7, 11) is 0. The Labute approximate surface area is 137 Å². The van der Waals surface area contributed by atoms with Crippen molar-refractivity contribution in [1.29, 1.82) is 0 Å². The molecular weight excluding hydrogens is 320 g/mol. The summed E-state index contributed by atoms with van der Waals surface area (Å²) in [5.74, 6) is 0.0902. The molecule has 0 aromatic heterocycles. The molecule has 0 aliphatic carbocycles. The van der Waals surface area contributed by atoms with E-state index < -0.39 is 17.9 Å². The molecule has 2 aromatic rings. The molecule has 118 valence electrons. The molecule has 1 atom stereocenters. The predicted octanol–water partition coefficient (Wildman–Crippen LogP) is 1.94. The number of fused-ring (bicyclic) bond motifs is 1. The maximum absolute atomic E-state index is 12.1. The Morgan fingerprint density at radius 1 is 1.04 bits per heavy atom. The fraction of sp³-hybridized carbons (Fsp3) is 0.125. The summed E-state index contributed by atoms with van der Waals surface area (Å²) in [5, 5.41) is 0.435. The van der Waals surface area contributed by atoms with Gasteiger partial charge in [0.2, 0.25) is 6.10 Å². The molecule has 7 heteroatoms. The topological polar surface area (TPSA) is 76.7 Å². The highest BCUT2D eigenvalue weighted by Crippen LogP contribution is 2.30. The fourth-order valence-electron chi connectivity index (χ4n) is 2.05. The Hall–Kier alpha value is -2.73. The number of hydrogen-bond donors (Lipinski definition) is 2. The number of para-hydroxylation sites is 2. The van der Waals surface area contributed by atoms with Gasteiger partial charge in [-0.25, -0.2) is 0 Å². The third-order valence-electron chi connectivity index (χ3n) is 3.19. The van der Waals surface area contributed by atoms with E-state index in [0.717, 1.165) is 0 Å². The Morgan fingerprint density at radius 3 is 2.61 bits per heavy atom. The van der Waals surface area contributed by atoms with Gasteiger partial charge in [-0.15, -0.1) is 0 Å². The van der Waals surface area contributed by atoms with Crippen LogP contribution in [0.1, 0.15) is 10.4 Å². The minimum Gasteiger partial charge on any atom is -0.485 e. The van der Waals surface area contributed by atoms with E-state index in [1.807, 2.05) is 6.07 Å². The predicted molar refractivity (Wildman–Crippen MR) is 83.4 cm³/mol. The molecule has 0 unspecified atom stereocenters. The SMILES string of the molecule is O=C(NNC(=O)[C@@H]1COc2ccccc2O1)c1cccc(Cl)c1. The van der Waals surface area contributed by atoms with Gasteiger partial charge in [-0.2, -0.15) is 0 Å². The molecule has 0 fully saturated rings. The van der Waals surface area contributed by atoms with E-state index in [2.05, 4.69) is 10.9 Å². The first kappa shape index (κ1) is 15.2. The lowest BCUT2D eigenvalue weighted by Crippen LogP contribution is -2.50. The number of rotatable bonds is 2. The first-order valence-corrected chi connectivity index (χ1v) is 7.25. The molecule has 0 saturated carbocycles. The number of amides is 2. The first-order valence-electron chi connectivity index (χ1n) is 6.88. The number of ether oxygens (including phenoxy) is 2. The maximum atomic E-state index is 12.1. The van der Waals surface area contributed by atoms with Crippen LogP contribution in [0.2, 0.25) is 5.02 Å². The molecule has 2 amide bonds. The average Bonchev–Trinajstić information content (AvgIpc) is 2.59. The van der Waals surface area contributed by atoms with Crippen LogP contribution in [-0.2, 0) is 4.79 Å². The normalized spacial score (nSPS) is 15.6. The second-order valence-electron chi connectivity index (χ2n) is 4.82. The number of nitrogens with one attached hydrogen (secondary N) is 2. The zero-order valence-electron chi connectivity index (χ0n) is 11.9. The van der Waals surface area contributed by atoms with Gasteiger partial charge < -0.3 is 9.47 Å². The molecule has 0 spiro atoms. The van der Waals surface area contributed by atoms with Crippen molar-refractivity contribution in [2.45, 2.75) is 6.10 Å².